The van der Waals surface area contributed by atoms with Crippen molar-refractivity contribution in [2.45, 2.75) is 50.1 Å². The number of carbonyl (C=O) groups excluding carboxylic acids is 1. The van der Waals surface area contributed by atoms with Crippen LogP contribution in [-0.4, -0.2) is 30.1 Å². The van der Waals surface area contributed by atoms with Crippen molar-refractivity contribution in [3.8, 4) is 5.75 Å². The summed E-state index contributed by atoms with van der Waals surface area (Å²) in [6, 6.07) is 5.24. The molecule has 1 aliphatic rings. The Labute approximate surface area is 156 Å². The van der Waals surface area contributed by atoms with Gasteiger partial charge in [-0.05, 0) is 32.4 Å². The van der Waals surface area contributed by atoms with Crippen LogP contribution in [0.3, 0.4) is 0 Å². The molecule has 3 rings (SSSR count). The van der Waals surface area contributed by atoms with Crippen molar-refractivity contribution in [2.75, 3.05) is 5.32 Å². The average Bonchev–Trinajstić information content (AvgIpc) is 2.93. The van der Waals surface area contributed by atoms with E-state index in [-0.39, 0.29) is 15.4 Å². The Kier molecular flexibility index (Phi) is 4.76. The van der Waals surface area contributed by atoms with Gasteiger partial charge in [-0.2, -0.15) is 0 Å². The van der Waals surface area contributed by atoms with E-state index in [0.717, 1.165) is 22.5 Å². The van der Waals surface area contributed by atoms with Gasteiger partial charge in [-0.1, -0.05) is 23.5 Å². The molecule has 0 unspecified atom stereocenters. The summed E-state index contributed by atoms with van der Waals surface area (Å²) in [6.45, 7) is 7.10. The van der Waals surface area contributed by atoms with Gasteiger partial charge < -0.3 is 10.1 Å². The number of rotatable bonds is 4. The topological polar surface area (TPSA) is 110 Å². The second kappa shape index (κ2) is 6.60. The zero-order valence-electron chi connectivity index (χ0n) is 14.9. The molecule has 1 aliphatic heterocycles. The molecule has 0 fully saturated rings. The molecule has 10 heteroatoms. The minimum atomic E-state index is -3.89. The number of nitrogens with zero attached hydrogens (tertiary/aromatic N) is 2. The number of sulfonamides is 1. The van der Waals surface area contributed by atoms with Crippen LogP contribution in [-0.2, 0) is 14.8 Å². The van der Waals surface area contributed by atoms with Gasteiger partial charge in [0.1, 0.15) is 11.4 Å². The maximum Gasteiger partial charge on any atom is 0.270 e. The third-order valence-corrected chi connectivity index (χ3v) is 6.52. The molecule has 26 heavy (non-hydrogen) atoms. The lowest BCUT2D eigenvalue weighted by atomic mass is 9.90. The highest BCUT2D eigenvalue weighted by molar-refractivity contribution is 7.91. The van der Waals surface area contributed by atoms with Crippen molar-refractivity contribution in [1.82, 2.24) is 14.9 Å². The van der Waals surface area contributed by atoms with Gasteiger partial charge in [-0.3, -0.25) is 4.79 Å². The van der Waals surface area contributed by atoms with E-state index in [9.17, 15) is 13.2 Å². The predicted octanol–water partition coefficient (Wildman–Crippen LogP) is 2.39. The number of aryl methyl sites for hydroxylation is 1. The molecule has 1 aromatic heterocycles. The first kappa shape index (κ1) is 18.7. The third-order valence-electron chi connectivity index (χ3n) is 3.84. The Balaban J connectivity index is 1.90. The molecule has 0 radical (unpaired) electrons. The summed E-state index contributed by atoms with van der Waals surface area (Å²) < 4.78 is 34.0. The largest absolute Gasteiger partial charge is 0.487 e. The maximum absolute atomic E-state index is 12.7. The van der Waals surface area contributed by atoms with Crippen LogP contribution >= 0.6 is 11.3 Å². The number of carbonyl (C=O) groups is 1. The predicted molar refractivity (Wildman–Crippen MR) is 97.8 cm³/mol. The number of amides is 1. The monoisotopic (exact) mass is 396 g/mol. The molecule has 0 aliphatic carbocycles. The summed E-state index contributed by atoms with van der Waals surface area (Å²) in [6.07, 6.45) is 0.472. The van der Waals surface area contributed by atoms with Crippen LogP contribution in [0.1, 0.15) is 44.4 Å². The Morgan fingerprint density at radius 1 is 1.35 bits per heavy atom. The summed E-state index contributed by atoms with van der Waals surface area (Å²) >= 11 is 0.804. The minimum absolute atomic E-state index is 0.140. The molecule has 8 nitrogen and oxygen atoms in total. The first-order valence-electron chi connectivity index (χ1n) is 7.99. The highest BCUT2D eigenvalue weighted by Crippen LogP contribution is 2.40. The second-order valence-electron chi connectivity index (χ2n) is 6.84. The normalized spacial score (nSPS) is 18.7. The van der Waals surface area contributed by atoms with Crippen molar-refractivity contribution < 1.29 is 17.9 Å². The van der Waals surface area contributed by atoms with Crippen molar-refractivity contribution >= 4 is 32.4 Å². The molecule has 2 aromatic rings. The maximum atomic E-state index is 12.7. The van der Waals surface area contributed by atoms with Gasteiger partial charge >= 0.3 is 0 Å². The number of hydrogen-bond acceptors (Lipinski definition) is 7. The van der Waals surface area contributed by atoms with E-state index >= 15 is 0 Å². The van der Waals surface area contributed by atoms with Gasteiger partial charge in [0.05, 0.1) is 6.04 Å². The van der Waals surface area contributed by atoms with Gasteiger partial charge in [0, 0.05) is 18.9 Å². The fourth-order valence-electron chi connectivity index (χ4n) is 2.82. The van der Waals surface area contributed by atoms with Gasteiger partial charge in [-0.15, -0.1) is 10.2 Å². The van der Waals surface area contributed by atoms with Crippen LogP contribution in [0, 0.1) is 6.92 Å². The number of hydrogen-bond donors (Lipinski definition) is 2. The SMILES string of the molecule is CC(=O)Nc1nnc(S(=O)(=O)N[C@@H]2CC(C)(C)Oc3cc(C)ccc32)s1. The van der Waals surface area contributed by atoms with E-state index < -0.39 is 21.7 Å². The fraction of sp³-hybridized carbons (Fsp3) is 0.438. The molecule has 0 saturated carbocycles. The molecule has 0 spiro atoms. The van der Waals surface area contributed by atoms with E-state index in [4.69, 9.17) is 4.74 Å². The van der Waals surface area contributed by atoms with Crippen molar-refractivity contribution in [3.63, 3.8) is 0 Å². The third kappa shape index (κ3) is 4.02. The molecule has 1 atom stereocenters. The van der Waals surface area contributed by atoms with Gasteiger partial charge in [0.25, 0.3) is 10.0 Å². The Morgan fingerprint density at radius 2 is 2.08 bits per heavy atom. The van der Waals surface area contributed by atoms with Crippen LogP contribution in [0.15, 0.2) is 22.5 Å². The molecular weight excluding hydrogens is 376 g/mol. The molecule has 0 bridgehead atoms. The van der Waals surface area contributed by atoms with E-state index in [0.29, 0.717) is 12.2 Å². The minimum Gasteiger partial charge on any atom is -0.487 e. The van der Waals surface area contributed by atoms with E-state index in [1.165, 1.54) is 6.92 Å². The quantitative estimate of drug-likeness (QED) is 0.768. The summed E-state index contributed by atoms with van der Waals surface area (Å²) in [5.41, 5.74) is 1.30. The molecular formula is C16H20N4O4S2. The van der Waals surface area contributed by atoms with E-state index in [1.54, 1.807) is 0 Å². The number of anilines is 1. The summed E-state index contributed by atoms with van der Waals surface area (Å²) in [5.74, 6) is 0.332. The van der Waals surface area contributed by atoms with Crippen molar-refractivity contribution in [1.29, 1.82) is 0 Å². The standard InChI is InChI=1S/C16H20N4O4S2/c1-9-5-6-11-12(8-16(3,4)24-13(11)7-9)20-26(22,23)15-19-18-14(25-15)17-10(2)21/h5-7,12,20H,8H2,1-4H3,(H,17,18,21)/t12-/m1/s1. The molecule has 2 N–H and O–H groups in total. The smallest absolute Gasteiger partial charge is 0.270 e. The number of nitrogens with one attached hydrogen (secondary N) is 2. The number of benzene rings is 1. The lowest BCUT2D eigenvalue weighted by Crippen LogP contribution is -2.41. The van der Waals surface area contributed by atoms with Crippen molar-refractivity contribution in [2.24, 2.45) is 0 Å². The zero-order chi connectivity index (χ0) is 19.1. The lowest BCUT2D eigenvalue weighted by Gasteiger charge is -2.37. The molecule has 140 valence electrons. The number of fused-ring (bicyclic) bond motifs is 1. The molecule has 2 heterocycles. The summed E-state index contributed by atoms with van der Waals surface area (Å²) in [4.78, 5) is 11.1. The number of ether oxygens (including phenoxy) is 1. The fourth-order valence-corrected chi connectivity index (χ4v) is 5.00. The summed E-state index contributed by atoms with van der Waals surface area (Å²) in [7, 11) is -3.89. The molecule has 0 saturated heterocycles. The van der Waals surface area contributed by atoms with Crippen LogP contribution in [0.2, 0.25) is 0 Å². The van der Waals surface area contributed by atoms with Crippen LogP contribution < -0.4 is 14.8 Å². The Hall–Kier alpha value is -2.04. The summed E-state index contributed by atoms with van der Waals surface area (Å²) in [5, 5.41) is 9.95. The molecule has 1 amide bonds. The average molecular weight is 396 g/mol. The first-order valence-corrected chi connectivity index (χ1v) is 10.3. The van der Waals surface area contributed by atoms with Crippen LogP contribution in [0.25, 0.3) is 0 Å². The first-order chi connectivity index (χ1) is 12.1. The second-order valence-corrected chi connectivity index (χ2v) is 9.70. The Bertz CT molecular complexity index is 953. The van der Waals surface area contributed by atoms with Crippen LogP contribution in [0.4, 0.5) is 5.13 Å². The Morgan fingerprint density at radius 3 is 2.77 bits per heavy atom. The van der Waals surface area contributed by atoms with Crippen molar-refractivity contribution in [3.05, 3.63) is 29.3 Å². The van der Waals surface area contributed by atoms with E-state index in [1.807, 2.05) is 39.0 Å². The lowest BCUT2D eigenvalue weighted by molar-refractivity contribution is -0.114. The zero-order valence-corrected chi connectivity index (χ0v) is 16.5. The van der Waals surface area contributed by atoms with E-state index in [2.05, 4.69) is 20.2 Å². The molecule has 1 aromatic carbocycles. The van der Waals surface area contributed by atoms with Crippen LogP contribution in [0.5, 0.6) is 5.75 Å². The highest BCUT2D eigenvalue weighted by atomic mass is 32.2. The van der Waals surface area contributed by atoms with Gasteiger partial charge in [0.2, 0.25) is 15.4 Å². The van der Waals surface area contributed by atoms with Gasteiger partial charge in [0.15, 0.2) is 0 Å². The number of aromatic nitrogens is 2. The highest BCUT2D eigenvalue weighted by Gasteiger charge is 2.37. The van der Waals surface area contributed by atoms with Gasteiger partial charge in [-0.25, -0.2) is 13.1 Å².